The first-order chi connectivity index (χ1) is 24.8. The maximum atomic E-state index is 5.49. The number of nitrogens with zero attached hydrogens (tertiary/aromatic N) is 2. The molecule has 8 aromatic carbocycles. The largest absolute Gasteiger partial charge is 0.254 e. The van der Waals surface area contributed by atoms with Crippen molar-refractivity contribution >= 4 is 54.6 Å². The summed E-state index contributed by atoms with van der Waals surface area (Å²) < 4.78 is 0. The minimum atomic E-state index is 0.870. The number of rotatable bonds is 4. The van der Waals surface area contributed by atoms with Gasteiger partial charge in [0.05, 0.1) is 11.2 Å². The molecule has 2 heterocycles. The van der Waals surface area contributed by atoms with E-state index in [0.717, 1.165) is 35.1 Å². The average molecular weight is 637 g/mol. The molecule has 0 aliphatic carbocycles. The molecule has 1 aliphatic rings. The predicted molar refractivity (Wildman–Crippen MR) is 212 cm³/mol. The van der Waals surface area contributed by atoms with Crippen LogP contribution in [-0.4, -0.2) is 10.7 Å². The van der Waals surface area contributed by atoms with Crippen LogP contribution in [0.25, 0.3) is 76.6 Å². The quantitative estimate of drug-likeness (QED) is 0.176. The van der Waals surface area contributed by atoms with Crippen LogP contribution in [0.15, 0.2) is 175 Å². The Labute approximate surface area is 291 Å². The summed E-state index contributed by atoms with van der Waals surface area (Å²) in [7, 11) is 0. The lowest BCUT2D eigenvalue weighted by atomic mass is 9.81. The average Bonchev–Trinajstić information content (AvgIpc) is 3.19. The molecular weight excluding hydrogens is 605 g/mol. The summed E-state index contributed by atoms with van der Waals surface area (Å²) in [5.74, 6) is 0. The van der Waals surface area contributed by atoms with Gasteiger partial charge in [-0.1, -0.05) is 140 Å². The van der Waals surface area contributed by atoms with Gasteiger partial charge < -0.3 is 0 Å². The molecule has 10 rings (SSSR count). The van der Waals surface area contributed by atoms with E-state index in [4.69, 9.17) is 9.98 Å². The summed E-state index contributed by atoms with van der Waals surface area (Å²) >= 11 is 0. The molecule has 0 saturated heterocycles. The van der Waals surface area contributed by atoms with E-state index in [1.54, 1.807) is 0 Å². The number of aryl methyl sites for hydroxylation is 1. The van der Waals surface area contributed by atoms with Crippen molar-refractivity contribution in [3.63, 3.8) is 0 Å². The lowest BCUT2D eigenvalue weighted by molar-refractivity contribution is 1.01. The fraction of sp³-hybridized carbons (Fsp3) is 0.0417. The number of fused-ring (bicyclic) bond motifs is 6. The molecule has 0 atom stereocenters. The van der Waals surface area contributed by atoms with E-state index >= 15 is 0 Å². The van der Waals surface area contributed by atoms with Crippen molar-refractivity contribution in [2.75, 3.05) is 0 Å². The second kappa shape index (κ2) is 11.6. The maximum absolute atomic E-state index is 5.49. The Morgan fingerprint density at radius 2 is 1.04 bits per heavy atom. The molecule has 0 N–H and O–H groups in total. The van der Waals surface area contributed by atoms with Gasteiger partial charge in [-0.3, -0.25) is 9.98 Å². The van der Waals surface area contributed by atoms with Gasteiger partial charge in [-0.2, -0.15) is 0 Å². The number of benzene rings is 8. The molecule has 0 bridgehead atoms. The number of hydrogen-bond donors (Lipinski definition) is 0. The number of hydrogen-bond acceptors (Lipinski definition) is 2. The van der Waals surface area contributed by atoms with Crippen LogP contribution in [-0.2, 0) is 6.42 Å². The Bertz CT molecular complexity index is 2800. The van der Waals surface area contributed by atoms with Crippen molar-refractivity contribution in [2.24, 2.45) is 4.99 Å². The summed E-state index contributed by atoms with van der Waals surface area (Å²) in [5, 5.41) is 8.51. The summed E-state index contributed by atoms with van der Waals surface area (Å²) in [6.45, 7) is 0. The normalized spacial score (nSPS) is 12.8. The molecule has 1 aliphatic heterocycles. The van der Waals surface area contributed by atoms with Crippen molar-refractivity contribution in [3.8, 4) is 33.4 Å². The van der Waals surface area contributed by atoms with Crippen LogP contribution < -0.4 is 0 Å². The second-order valence-electron chi connectivity index (χ2n) is 13.2. The van der Waals surface area contributed by atoms with Crippen LogP contribution in [0.1, 0.15) is 17.5 Å². The van der Waals surface area contributed by atoms with E-state index in [1.165, 1.54) is 76.8 Å². The SMILES string of the molecule is c1ccc(-c2ccc3c(C4=Nc5c(ccc6cccnc56)CC4)c4ccccc4c(-c4cc5ccccc5cc4-c4ccccc4)c3c2)cc1. The first kappa shape index (κ1) is 28.6. The molecule has 0 unspecified atom stereocenters. The fourth-order valence-corrected chi connectivity index (χ4v) is 8.02. The zero-order valence-corrected chi connectivity index (χ0v) is 27.5. The van der Waals surface area contributed by atoms with E-state index in [1.807, 2.05) is 12.3 Å². The first-order valence-corrected chi connectivity index (χ1v) is 17.4. The monoisotopic (exact) mass is 636 g/mol. The minimum absolute atomic E-state index is 0.870. The molecular formula is C48H32N2. The Morgan fingerprint density at radius 1 is 0.400 bits per heavy atom. The summed E-state index contributed by atoms with van der Waals surface area (Å²) in [5.41, 5.74) is 12.9. The lowest BCUT2D eigenvalue weighted by Gasteiger charge is -2.23. The number of pyridine rings is 1. The Balaban J connectivity index is 1.34. The van der Waals surface area contributed by atoms with Gasteiger partial charge in [0, 0.05) is 22.9 Å². The zero-order chi connectivity index (χ0) is 33.0. The van der Waals surface area contributed by atoms with Crippen molar-refractivity contribution in [3.05, 3.63) is 181 Å². The van der Waals surface area contributed by atoms with E-state index < -0.39 is 0 Å². The van der Waals surface area contributed by atoms with E-state index in [9.17, 15) is 0 Å². The van der Waals surface area contributed by atoms with Crippen LogP contribution in [0.5, 0.6) is 0 Å². The van der Waals surface area contributed by atoms with Crippen LogP contribution in [0.2, 0.25) is 0 Å². The predicted octanol–water partition coefficient (Wildman–Crippen LogP) is 12.8. The standard InChI is InChI=1S/C48H32N2/c1-3-12-31(13-4-1)37-23-25-40-42(30-37)45(43-29-36-17-8-7-16-35(36)28-41(43)32-14-5-2-6-15-32)38-19-9-10-20-39(38)46(40)44-26-24-34-22-21-33-18-11-27-49-47(33)48(34)50-44/h1-23,25,27-30H,24,26H2. The third-order valence-corrected chi connectivity index (χ3v) is 10.4. The highest BCUT2D eigenvalue weighted by Crippen LogP contribution is 2.46. The van der Waals surface area contributed by atoms with E-state index in [2.05, 4.69) is 158 Å². The number of aromatic nitrogens is 1. The maximum Gasteiger partial charge on any atom is 0.0961 e. The number of aliphatic imine (C=N–C) groups is 1. The van der Waals surface area contributed by atoms with Crippen LogP contribution >= 0.6 is 0 Å². The molecule has 0 radical (unpaired) electrons. The van der Waals surface area contributed by atoms with Crippen molar-refractivity contribution < 1.29 is 0 Å². The molecule has 0 saturated carbocycles. The van der Waals surface area contributed by atoms with Crippen molar-refractivity contribution in [1.82, 2.24) is 4.98 Å². The highest BCUT2D eigenvalue weighted by molar-refractivity contribution is 6.28. The fourth-order valence-electron chi connectivity index (χ4n) is 8.02. The van der Waals surface area contributed by atoms with Crippen molar-refractivity contribution in [2.45, 2.75) is 12.8 Å². The summed E-state index contributed by atoms with van der Waals surface area (Å²) in [6, 6.07) is 59.6. The second-order valence-corrected chi connectivity index (χ2v) is 13.2. The van der Waals surface area contributed by atoms with E-state index in [0.29, 0.717) is 0 Å². The highest BCUT2D eigenvalue weighted by Gasteiger charge is 2.24. The Kier molecular flexibility index (Phi) is 6.67. The molecule has 2 heteroatoms. The summed E-state index contributed by atoms with van der Waals surface area (Å²) in [6.07, 6.45) is 3.68. The van der Waals surface area contributed by atoms with Gasteiger partial charge in [-0.25, -0.2) is 0 Å². The molecule has 2 nitrogen and oxygen atoms in total. The Morgan fingerprint density at radius 3 is 1.82 bits per heavy atom. The zero-order valence-electron chi connectivity index (χ0n) is 27.5. The first-order valence-electron chi connectivity index (χ1n) is 17.4. The molecule has 1 aromatic heterocycles. The molecule has 9 aromatic rings. The smallest absolute Gasteiger partial charge is 0.0961 e. The lowest BCUT2D eigenvalue weighted by Crippen LogP contribution is -2.10. The van der Waals surface area contributed by atoms with Crippen LogP contribution in [0.3, 0.4) is 0 Å². The molecule has 234 valence electrons. The van der Waals surface area contributed by atoms with E-state index in [-0.39, 0.29) is 0 Å². The molecule has 50 heavy (non-hydrogen) atoms. The van der Waals surface area contributed by atoms with Gasteiger partial charge in [-0.05, 0) is 108 Å². The summed E-state index contributed by atoms with van der Waals surface area (Å²) in [4.78, 5) is 10.3. The minimum Gasteiger partial charge on any atom is -0.254 e. The van der Waals surface area contributed by atoms with Gasteiger partial charge in [-0.15, -0.1) is 0 Å². The van der Waals surface area contributed by atoms with Crippen LogP contribution in [0.4, 0.5) is 5.69 Å². The third-order valence-electron chi connectivity index (χ3n) is 10.4. The van der Waals surface area contributed by atoms with Gasteiger partial charge in [0.15, 0.2) is 0 Å². The van der Waals surface area contributed by atoms with Gasteiger partial charge in [0.1, 0.15) is 0 Å². The molecule has 0 fully saturated rings. The highest BCUT2D eigenvalue weighted by atomic mass is 14.8. The topological polar surface area (TPSA) is 25.2 Å². The van der Waals surface area contributed by atoms with Crippen molar-refractivity contribution in [1.29, 1.82) is 0 Å². The molecule has 0 spiro atoms. The van der Waals surface area contributed by atoms with Gasteiger partial charge in [0.25, 0.3) is 0 Å². The third kappa shape index (κ3) is 4.64. The Hall–Kier alpha value is -6.38. The van der Waals surface area contributed by atoms with Crippen LogP contribution in [0, 0.1) is 0 Å². The van der Waals surface area contributed by atoms with Gasteiger partial charge >= 0.3 is 0 Å². The molecule has 0 amide bonds. The van der Waals surface area contributed by atoms with Gasteiger partial charge in [0.2, 0.25) is 0 Å².